The average molecular weight is 790 g/mol. The van der Waals surface area contributed by atoms with Gasteiger partial charge in [-0.05, 0) is 123 Å². The average Bonchev–Trinajstić information content (AvgIpc) is 3.63. The van der Waals surface area contributed by atoms with Crippen molar-refractivity contribution < 1.29 is 24.2 Å². The van der Waals surface area contributed by atoms with Gasteiger partial charge in [0, 0.05) is 43.0 Å². The third-order valence-electron chi connectivity index (χ3n) is 16.6. The van der Waals surface area contributed by atoms with Crippen molar-refractivity contribution in [3.63, 3.8) is 0 Å². The van der Waals surface area contributed by atoms with E-state index in [-0.39, 0.29) is 45.5 Å². The predicted molar refractivity (Wildman–Crippen MR) is 216 cm³/mol. The lowest BCUT2D eigenvalue weighted by molar-refractivity contribution is -0.233. The van der Waals surface area contributed by atoms with Crippen molar-refractivity contribution in [2.75, 3.05) is 6.54 Å². The van der Waals surface area contributed by atoms with Gasteiger partial charge in [-0.15, -0.1) is 10.2 Å². The molecule has 0 radical (unpaired) electrons. The Morgan fingerprint density at radius 3 is 2.38 bits per heavy atom. The van der Waals surface area contributed by atoms with Crippen LogP contribution in [-0.4, -0.2) is 55.2 Å². The van der Waals surface area contributed by atoms with Crippen molar-refractivity contribution in [1.82, 2.24) is 19.7 Å². The van der Waals surface area contributed by atoms with E-state index in [1.54, 1.807) is 20.0 Å². The van der Waals surface area contributed by atoms with E-state index in [4.69, 9.17) is 27.2 Å². The van der Waals surface area contributed by atoms with Gasteiger partial charge in [0.05, 0.1) is 16.9 Å². The molecule has 0 unspecified atom stereocenters. The van der Waals surface area contributed by atoms with E-state index < -0.39 is 17.4 Å². The van der Waals surface area contributed by atoms with Crippen LogP contribution < -0.4 is 5.73 Å². The first-order valence-electron chi connectivity index (χ1n) is 21.1. The summed E-state index contributed by atoms with van der Waals surface area (Å²) in [5, 5.41) is 19.6. The second-order valence-corrected chi connectivity index (χ2v) is 21.0. The number of carboxylic acid groups (broad SMARTS) is 1. The van der Waals surface area contributed by atoms with E-state index in [0.29, 0.717) is 66.0 Å². The molecule has 0 saturated heterocycles. The van der Waals surface area contributed by atoms with Crippen LogP contribution in [0.4, 0.5) is 0 Å². The fourth-order valence-electron chi connectivity index (χ4n) is 13.6. The second-order valence-electron chi connectivity index (χ2n) is 20.6. The molecule has 2 aromatic heterocycles. The molecular weight excluding hydrogens is 726 g/mol. The summed E-state index contributed by atoms with van der Waals surface area (Å²) in [6.07, 6.45) is 10.5. The van der Waals surface area contributed by atoms with Crippen molar-refractivity contribution in [2.45, 2.75) is 146 Å². The number of allylic oxidation sites excluding steroid dienone is 2. The summed E-state index contributed by atoms with van der Waals surface area (Å²) in [6.45, 7) is 20.8. The summed E-state index contributed by atoms with van der Waals surface area (Å²) >= 11 is 6.17. The van der Waals surface area contributed by atoms with Gasteiger partial charge in [0.15, 0.2) is 11.6 Å². The molecule has 4 saturated carbocycles. The number of hydrogen-bond donors (Lipinski definition) is 2. The second kappa shape index (κ2) is 14.0. The van der Waals surface area contributed by atoms with Crippen LogP contribution in [0, 0.1) is 56.2 Å². The number of nitrogens with zero attached hydrogens (tertiary/aromatic N) is 4. The van der Waals surface area contributed by atoms with Crippen LogP contribution in [0.15, 0.2) is 29.5 Å². The number of aliphatic carboxylic acids is 1. The fraction of sp³-hybridized carbons (Fsp3) is 0.733. The molecule has 8 atom stereocenters. The van der Waals surface area contributed by atoms with Crippen LogP contribution in [-0.2, 0) is 32.1 Å². The molecule has 5 aliphatic carbocycles. The molecule has 56 heavy (non-hydrogen) atoms. The number of pyridine rings is 1. The highest BCUT2D eigenvalue weighted by Crippen LogP contribution is 2.77. The summed E-state index contributed by atoms with van der Waals surface area (Å²) in [5.41, 5.74) is 7.74. The number of esters is 1. The molecule has 0 spiro atoms. The molecule has 11 heteroatoms. The summed E-state index contributed by atoms with van der Waals surface area (Å²) in [5.74, 6) is 1.72. The number of fused-ring (bicyclic) bond motifs is 7. The number of nitrogens with two attached hydrogens (primary N) is 1. The number of halogens is 1. The van der Waals surface area contributed by atoms with Gasteiger partial charge in [-0.1, -0.05) is 65.6 Å². The lowest BCUT2D eigenvalue weighted by atomic mass is 9.33. The maximum Gasteiger partial charge on any atom is 0.309 e. The molecule has 4 fully saturated rings. The quantitative estimate of drug-likeness (QED) is 0.225. The van der Waals surface area contributed by atoms with Crippen molar-refractivity contribution in [3.8, 4) is 11.5 Å². The Labute approximate surface area is 338 Å². The first kappa shape index (κ1) is 41.1. The van der Waals surface area contributed by atoms with E-state index in [9.17, 15) is 19.5 Å². The molecule has 0 aliphatic heterocycles. The zero-order valence-corrected chi connectivity index (χ0v) is 35.9. The zero-order valence-electron chi connectivity index (χ0n) is 35.1. The Bertz CT molecular complexity index is 1940. The van der Waals surface area contributed by atoms with Gasteiger partial charge in [-0.3, -0.25) is 19.4 Å². The Morgan fingerprint density at radius 1 is 1.00 bits per heavy atom. The standard InChI is InChI=1S/C45H64ClN5O5/c1-26(2)36-30(52)22-45(23-34-49-50-38(51(34)21-20-47)29-12-10-27(46)25-48-29)19-18-43(8)28(37(36)45)11-13-32-42(7)16-15-33(56-35(53)24-40(3,4)39(54)55)41(5,6)31(42)14-17-44(32,43)9/h10,12,25-26,28,31-33H,11,13-24,47H2,1-9H3,(H,54,55)/t28-,31+,32-,33+,42+,43-,44-,45+/m1/s1. The zero-order chi connectivity index (χ0) is 40.8. The van der Waals surface area contributed by atoms with Crippen molar-refractivity contribution in [1.29, 1.82) is 0 Å². The highest BCUT2D eigenvalue weighted by Gasteiger charge is 2.70. The molecular formula is C45H64ClN5O5. The van der Waals surface area contributed by atoms with Crippen LogP contribution in [0.5, 0.6) is 0 Å². The molecule has 0 aromatic carbocycles. The third kappa shape index (κ3) is 6.20. The summed E-state index contributed by atoms with van der Waals surface area (Å²) in [4.78, 5) is 43.8. The lowest BCUT2D eigenvalue weighted by Gasteiger charge is -2.72. The van der Waals surface area contributed by atoms with Crippen molar-refractivity contribution in [2.24, 2.45) is 61.9 Å². The predicted octanol–water partition coefficient (Wildman–Crippen LogP) is 8.89. The van der Waals surface area contributed by atoms with Crippen LogP contribution in [0.25, 0.3) is 11.5 Å². The maximum absolute atomic E-state index is 14.3. The monoisotopic (exact) mass is 789 g/mol. The first-order chi connectivity index (χ1) is 26.1. The Kier molecular flexibility index (Phi) is 10.3. The minimum Gasteiger partial charge on any atom is -0.481 e. The van der Waals surface area contributed by atoms with E-state index in [2.05, 4.69) is 63.1 Å². The maximum atomic E-state index is 14.3. The Balaban J connectivity index is 1.20. The number of aromatic nitrogens is 4. The van der Waals surface area contributed by atoms with Gasteiger partial charge in [0.1, 0.15) is 17.6 Å². The van der Waals surface area contributed by atoms with Gasteiger partial charge in [-0.2, -0.15) is 0 Å². The van der Waals surface area contributed by atoms with E-state index >= 15 is 0 Å². The minimum atomic E-state index is -1.17. The van der Waals surface area contributed by atoms with Crippen LogP contribution in [0.3, 0.4) is 0 Å². The molecule has 0 amide bonds. The minimum absolute atomic E-state index is 0.00663. The molecule has 2 aromatic rings. The molecule has 306 valence electrons. The topological polar surface area (TPSA) is 150 Å². The number of carboxylic acids is 1. The van der Waals surface area contributed by atoms with Gasteiger partial charge >= 0.3 is 11.9 Å². The first-order valence-corrected chi connectivity index (χ1v) is 21.5. The van der Waals surface area contributed by atoms with Gasteiger partial charge in [-0.25, -0.2) is 0 Å². The van der Waals surface area contributed by atoms with Gasteiger partial charge in [0.2, 0.25) is 0 Å². The highest BCUT2D eigenvalue weighted by molar-refractivity contribution is 6.30. The van der Waals surface area contributed by atoms with E-state index in [1.165, 1.54) is 5.57 Å². The summed E-state index contributed by atoms with van der Waals surface area (Å²) in [7, 11) is 0. The largest absolute Gasteiger partial charge is 0.481 e. The van der Waals surface area contributed by atoms with Crippen molar-refractivity contribution >= 4 is 29.3 Å². The summed E-state index contributed by atoms with van der Waals surface area (Å²) in [6, 6.07) is 3.68. The Morgan fingerprint density at radius 2 is 1.73 bits per heavy atom. The van der Waals surface area contributed by atoms with Crippen molar-refractivity contribution in [3.05, 3.63) is 40.3 Å². The smallest absolute Gasteiger partial charge is 0.309 e. The molecule has 3 N–H and O–H groups in total. The third-order valence-corrected chi connectivity index (χ3v) is 16.8. The normalized spacial score (nSPS) is 35.1. The number of Topliss-reactive ketones (excluding diaryl/α,β-unsaturated/α-hetero) is 1. The van der Waals surface area contributed by atoms with Gasteiger partial charge in [0.25, 0.3) is 0 Å². The van der Waals surface area contributed by atoms with Gasteiger partial charge < -0.3 is 20.1 Å². The number of carbonyl (C=O) groups excluding carboxylic acids is 2. The molecule has 2 heterocycles. The van der Waals surface area contributed by atoms with E-state index in [0.717, 1.165) is 62.8 Å². The number of carbonyl (C=O) groups is 3. The number of hydrogen-bond acceptors (Lipinski definition) is 8. The molecule has 7 rings (SSSR count). The number of rotatable bonds is 10. The Hall–Kier alpha value is -3.11. The SMILES string of the molecule is CC(C)C1=C2[C@H]3CC[C@@H]4[C@@]5(C)CC[C@H](OC(=O)CC(C)(C)C(=O)O)C(C)(C)[C@@H]5CC[C@@]4(C)[C@]3(C)CC[C@@]2(Cc2nnc(-c3ccc(Cl)cn3)n2CCN)CC1=O. The van der Waals surface area contributed by atoms with Crippen LogP contribution >= 0.6 is 11.6 Å². The van der Waals surface area contributed by atoms with E-state index in [1.807, 2.05) is 12.1 Å². The van der Waals surface area contributed by atoms with Crippen LogP contribution in [0.2, 0.25) is 5.02 Å². The number of ether oxygens (including phenoxy) is 1. The summed E-state index contributed by atoms with van der Waals surface area (Å²) < 4.78 is 8.30. The highest BCUT2D eigenvalue weighted by atomic mass is 35.5. The molecule has 10 nitrogen and oxygen atoms in total. The van der Waals surface area contributed by atoms with Crippen LogP contribution in [0.1, 0.15) is 132 Å². The molecule has 5 aliphatic rings. The molecule has 0 bridgehead atoms. The lowest BCUT2D eigenvalue weighted by Crippen LogP contribution is -2.65. The number of ketones is 1. The fourth-order valence-corrected chi connectivity index (χ4v) is 13.7.